The SMILES string of the molecule is CCC(C)n1ccc(CC(O)CSc2ccccc2F)n1. The van der Waals surface area contributed by atoms with Gasteiger partial charge in [0.2, 0.25) is 0 Å². The molecule has 0 amide bonds. The van der Waals surface area contributed by atoms with Crippen molar-refractivity contribution in [2.24, 2.45) is 0 Å². The molecule has 0 saturated heterocycles. The third-order valence-electron chi connectivity index (χ3n) is 3.42. The van der Waals surface area contributed by atoms with Crippen molar-refractivity contribution in [2.75, 3.05) is 5.75 Å². The molecule has 2 unspecified atom stereocenters. The van der Waals surface area contributed by atoms with Gasteiger partial charge in [0, 0.05) is 29.3 Å². The number of hydrogen-bond donors (Lipinski definition) is 1. The molecule has 0 aliphatic carbocycles. The van der Waals surface area contributed by atoms with Crippen LogP contribution in [-0.4, -0.2) is 26.7 Å². The van der Waals surface area contributed by atoms with E-state index in [1.165, 1.54) is 17.8 Å². The highest BCUT2D eigenvalue weighted by Crippen LogP contribution is 2.22. The van der Waals surface area contributed by atoms with E-state index in [1.807, 2.05) is 16.9 Å². The van der Waals surface area contributed by atoms with Gasteiger partial charge in [-0.3, -0.25) is 4.68 Å². The van der Waals surface area contributed by atoms with Gasteiger partial charge >= 0.3 is 0 Å². The zero-order valence-corrected chi connectivity index (χ0v) is 13.2. The van der Waals surface area contributed by atoms with Gasteiger partial charge in [0.1, 0.15) is 5.82 Å². The maximum Gasteiger partial charge on any atom is 0.136 e. The van der Waals surface area contributed by atoms with Gasteiger partial charge in [-0.1, -0.05) is 19.1 Å². The molecule has 114 valence electrons. The lowest BCUT2D eigenvalue weighted by Gasteiger charge is -2.10. The van der Waals surface area contributed by atoms with E-state index in [0.717, 1.165) is 12.1 Å². The largest absolute Gasteiger partial charge is 0.392 e. The van der Waals surface area contributed by atoms with E-state index in [9.17, 15) is 9.50 Å². The molecule has 0 spiro atoms. The first-order valence-corrected chi connectivity index (χ1v) is 8.18. The van der Waals surface area contributed by atoms with Crippen LogP contribution in [0.4, 0.5) is 4.39 Å². The van der Waals surface area contributed by atoms with Gasteiger partial charge in [-0.2, -0.15) is 5.10 Å². The van der Waals surface area contributed by atoms with Crippen LogP contribution in [-0.2, 0) is 6.42 Å². The van der Waals surface area contributed by atoms with Crippen molar-refractivity contribution in [3.8, 4) is 0 Å². The van der Waals surface area contributed by atoms with E-state index in [-0.39, 0.29) is 5.82 Å². The fraction of sp³-hybridized carbons (Fsp3) is 0.438. The van der Waals surface area contributed by atoms with E-state index in [0.29, 0.717) is 23.1 Å². The van der Waals surface area contributed by atoms with Gasteiger partial charge in [-0.05, 0) is 31.5 Å². The van der Waals surface area contributed by atoms with Gasteiger partial charge in [0.15, 0.2) is 0 Å². The molecule has 1 heterocycles. The van der Waals surface area contributed by atoms with Gasteiger partial charge < -0.3 is 5.11 Å². The average Bonchev–Trinajstić information content (AvgIpc) is 2.94. The Balaban J connectivity index is 1.86. The molecule has 21 heavy (non-hydrogen) atoms. The average molecular weight is 308 g/mol. The Morgan fingerprint density at radius 2 is 2.10 bits per heavy atom. The molecule has 1 N–H and O–H groups in total. The van der Waals surface area contributed by atoms with Crippen LogP contribution < -0.4 is 0 Å². The molecule has 0 aliphatic heterocycles. The van der Waals surface area contributed by atoms with Gasteiger partial charge in [-0.15, -0.1) is 11.8 Å². The second-order valence-electron chi connectivity index (χ2n) is 5.14. The molecule has 0 radical (unpaired) electrons. The minimum absolute atomic E-state index is 0.240. The molecule has 0 bridgehead atoms. The van der Waals surface area contributed by atoms with Crippen molar-refractivity contribution in [1.29, 1.82) is 0 Å². The number of halogens is 1. The molecule has 2 rings (SSSR count). The van der Waals surface area contributed by atoms with E-state index < -0.39 is 6.10 Å². The Kier molecular flexibility index (Phi) is 5.82. The lowest BCUT2D eigenvalue weighted by molar-refractivity contribution is 0.198. The summed E-state index contributed by atoms with van der Waals surface area (Å²) in [6.45, 7) is 4.23. The number of benzene rings is 1. The van der Waals surface area contributed by atoms with E-state index >= 15 is 0 Å². The fourth-order valence-corrected chi connectivity index (χ4v) is 2.84. The predicted molar refractivity (Wildman–Crippen MR) is 84.1 cm³/mol. The summed E-state index contributed by atoms with van der Waals surface area (Å²) in [6.07, 6.45) is 2.92. The van der Waals surface area contributed by atoms with Gasteiger partial charge in [0.25, 0.3) is 0 Å². The highest BCUT2D eigenvalue weighted by atomic mass is 32.2. The summed E-state index contributed by atoms with van der Waals surface area (Å²) in [7, 11) is 0. The van der Waals surface area contributed by atoms with Crippen molar-refractivity contribution in [3.05, 3.63) is 48.0 Å². The summed E-state index contributed by atoms with van der Waals surface area (Å²) in [6, 6.07) is 8.92. The van der Waals surface area contributed by atoms with Crippen LogP contribution in [0.3, 0.4) is 0 Å². The zero-order valence-electron chi connectivity index (χ0n) is 12.4. The van der Waals surface area contributed by atoms with Crippen molar-refractivity contribution in [2.45, 2.75) is 43.7 Å². The quantitative estimate of drug-likeness (QED) is 0.793. The van der Waals surface area contributed by atoms with Crippen molar-refractivity contribution in [3.63, 3.8) is 0 Å². The fourth-order valence-electron chi connectivity index (χ4n) is 1.97. The van der Waals surface area contributed by atoms with Crippen molar-refractivity contribution in [1.82, 2.24) is 9.78 Å². The summed E-state index contributed by atoms with van der Waals surface area (Å²) in [5.41, 5.74) is 0.872. The zero-order chi connectivity index (χ0) is 15.2. The normalized spacial score (nSPS) is 14.1. The molecule has 1 aromatic carbocycles. The number of rotatable bonds is 7. The minimum atomic E-state index is -0.533. The maximum absolute atomic E-state index is 13.5. The van der Waals surface area contributed by atoms with Crippen molar-refractivity contribution >= 4 is 11.8 Å². The molecule has 0 saturated carbocycles. The van der Waals surface area contributed by atoms with Crippen LogP contribution in [0.2, 0.25) is 0 Å². The molecule has 1 aromatic heterocycles. The van der Waals surface area contributed by atoms with E-state index in [2.05, 4.69) is 18.9 Å². The van der Waals surface area contributed by atoms with Crippen LogP contribution in [0.25, 0.3) is 0 Å². The van der Waals surface area contributed by atoms with Crippen LogP contribution in [0.1, 0.15) is 32.0 Å². The molecule has 2 aromatic rings. The molecule has 0 aliphatic rings. The van der Waals surface area contributed by atoms with E-state index in [1.54, 1.807) is 18.2 Å². The lowest BCUT2D eigenvalue weighted by Crippen LogP contribution is -2.14. The van der Waals surface area contributed by atoms with Gasteiger partial charge in [0.05, 0.1) is 11.8 Å². The third kappa shape index (κ3) is 4.58. The topological polar surface area (TPSA) is 38.0 Å². The smallest absolute Gasteiger partial charge is 0.136 e. The second kappa shape index (κ2) is 7.61. The van der Waals surface area contributed by atoms with Crippen LogP contribution in [0.15, 0.2) is 41.4 Å². The highest BCUT2D eigenvalue weighted by Gasteiger charge is 2.11. The number of aliphatic hydroxyl groups excluding tert-OH is 1. The monoisotopic (exact) mass is 308 g/mol. The summed E-state index contributed by atoms with van der Waals surface area (Å²) >= 11 is 1.33. The summed E-state index contributed by atoms with van der Waals surface area (Å²) in [4.78, 5) is 0.571. The molecule has 0 fully saturated rings. The molecule has 5 heteroatoms. The van der Waals surface area contributed by atoms with Crippen LogP contribution in [0.5, 0.6) is 0 Å². The minimum Gasteiger partial charge on any atom is -0.392 e. The summed E-state index contributed by atoms with van der Waals surface area (Å²) in [5.74, 6) is 0.215. The Morgan fingerprint density at radius 1 is 1.33 bits per heavy atom. The van der Waals surface area contributed by atoms with Gasteiger partial charge in [-0.25, -0.2) is 4.39 Å². The molecule has 3 nitrogen and oxygen atoms in total. The van der Waals surface area contributed by atoms with E-state index in [4.69, 9.17) is 0 Å². The molecular weight excluding hydrogens is 287 g/mol. The Bertz CT molecular complexity index is 573. The first-order chi connectivity index (χ1) is 10.1. The number of thioether (sulfide) groups is 1. The molecular formula is C16H21FN2OS. The number of hydrogen-bond acceptors (Lipinski definition) is 3. The number of nitrogens with zero attached hydrogens (tertiary/aromatic N) is 2. The predicted octanol–water partition coefficient (Wildman–Crippen LogP) is 3.69. The number of aliphatic hydroxyl groups is 1. The summed E-state index contributed by atoms with van der Waals surface area (Å²) < 4.78 is 15.4. The Morgan fingerprint density at radius 3 is 2.81 bits per heavy atom. The Labute approximate surface area is 129 Å². The maximum atomic E-state index is 13.5. The van der Waals surface area contributed by atoms with Crippen LogP contribution in [0, 0.1) is 5.82 Å². The first kappa shape index (κ1) is 16.0. The molecule has 2 atom stereocenters. The Hall–Kier alpha value is -1.33. The van der Waals surface area contributed by atoms with Crippen molar-refractivity contribution < 1.29 is 9.50 Å². The van der Waals surface area contributed by atoms with Crippen LogP contribution >= 0.6 is 11.8 Å². The second-order valence-corrected chi connectivity index (χ2v) is 6.21. The first-order valence-electron chi connectivity index (χ1n) is 7.19. The third-order valence-corrected chi connectivity index (χ3v) is 4.61. The highest BCUT2D eigenvalue weighted by molar-refractivity contribution is 7.99. The number of aromatic nitrogens is 2. The standard InChI is InChI=1S/C16H21FN2OS/c1-3-12(2)19-9-8-13(18-19)10-14(20)11-21-16-7-5-4-6-15(16)17/h4-9,12,14,20H,3,10-11H2,1-2H3. The summed E-state index contributed by atoms with van der Waals surface area (Å²) in [5, 5.41) is 14.5. The lowest BCUT2D eigenvalue weighted by atomic mass is 10.2.